The van der Waals surface area contributed by atoms with Crippen molar-refractivity contribution in [2.24, 2.45) is 5.92 Å². The molecule has 0 radical (unpaired) electrons. The summed E-state index contributed by atoms with van der Waals surface area (Å²) in [5.41, 5.74) is 1.78. The normalized spacial score (nSPS) is 20.8. The van der Waals surface area contributed by atoms with E-state index in [0.717, 1.165) is 56.7 Å². The molecule has 3 heterocycles. The highest BCUT2D eigenvalue weighted by Crippen LogP contribution is 2.29. The van der Waals surface area contributed by atoms with Crippen LogP contribution in [0.5, 0.6) is 0 Å². The van der Waals surface area contributed by atoms with E-state index >= 15 is 0 Å². The average Bonchev–Trinajstić information content (AvgIpc) is 2.67. The van der Waals surface area contributed by atoms with Gasteiger partial charge in [0.25, 0.3) is 0 Å². The summed E-state index contributed by atoms with van der Waals surface area (Å²) in [5.74, 6) is 3.99. The van der Waals surface area contributed by atoms with Crippen LogP contribution < -0.4 is 0 Å². The highest BCUT2D eigenvalue weighted by atomic mass is 16.6. The molecule has 158 valence electrons. The number of hydrogen-bond acceptors (Lipinski definition) is 4. The van der Waals surface area contributed by atoms with Crippen LogP contribution in [0, 0.1) is 24.8 Å². The third-order valence-electron chi connectivity index (χ3n) is 5.63. The minimum Gasteiger partial charge on any atom is -0.444 e. The molecule has 0 spiro atoms. The smallest absolute Gasteiger partial charge is 0.410 e. The van der Waals surface area contributed by atoms with Gasteiger partial charge in [-0.15, -0.1) is 0 Å². The van der Waals surface area contributed by atoms with Gasteiger partial charge in [0.05, 0.1) is 11.7 Å². The lowest BCUT2D eigenvalue weighted by Crippen LogP contribution is -2.41. The molecule has 0 saturated carbocycles. The predicted octanol–water partition coefficient (Wildman–Crippen LogP) is 4.92. The van der Waals surface area contributed by atoms with Crippen molar-refractivity contribution in [3.63, 3.8) is 0 Å². The zero-order valence-electron chi connectivity index (χ0n) is 18.4. The fraction of sp³-hybridized carbons (Fsp3) is 0.667. The van der Waals surface area contributed by atoms with Crippen LogP contribution in [0.1, 0.15) is 76.7 Å². The summed E-state index contributed by atoms with van der Waals surface area (Å²) >= 11 is 0. The van der Waals surface area contributed by atoms with E-state index in [2.05, 4.69) is 29.0 Å². The summed E-state index contributed by atoms with van der Waals surface area (Å²) in [6.07, 6.45) is 6.26. The molecule has 2 saturated heterocycles. The molecule has 2 aliphatic rings. The van der Waals surface area contributed by atoms with Gasteiger partial charge < -0.3 is 14.5 Å². The first-order chi connectivity index (χ1) is 13.8. The molecule has 0 N–H and O–H groups in total. The minimum atomic E-state index is -0.434. The van der Waals surface area contributed by atoms with Gasteiger partial charge in [0, 0.05) is 37.8 Å². The van der Waals surface area contributed by atoms with Crippen LogP contribution in [-0.4, -0.2) is 46.1 Å². The van der Waals surface area contributed by atoms with E-state index in [4.69, 9.17) is 9.72 Å². The van der Waals surface area contributed by atoms with E-state index in [9.17, 15) is 4.79 Å². The van der Waals surface area contributed by atoms with Crippen molar-refractivity contribution in [3.8, 4) is 12.0 Å². The van der Waals surface area contributed by atoms with E-state index in [1.165, 1.54) is 12.8 Å². The molecule has 2 aliphatic heterocycles. The number of aryl methyl sites for hydroxylation is 1. The fourth-order valence-electron chi connectivity index (χ4n) is 4.06. The number of amides is 1. The van der Waals surface area contributed by atoms with E-state index in [1.54, 1.807) is 0 Å². The van der Waals surface area contributed by atoms with Crippen LogP contribution in [0.4, 0.5) is 4.79 Å². The van der Waals surface area contributed by atoms with Gasteiger partial charge in [-0.25, -0.2) is 4.79 Å². The number of likely N-dealkylation sites (tertiary alicyclic amines) is 2. The van der Waals surface area contributed by atoms with Crippen molar-refractivity contribution in [1.29, 1.82) is 0 Å². The molecular formula is C24H35N3O2. The van der Waals surface area contributed by atoms with Crippen molar-refractivity contribution in [3.05, 3.63) is 29.6 Å². The average molecular weight is 398 g/mol. The molecule has 2 fully saturated rings. The molecule has 3 rings (SSSR count). The first kappa shape index (κ1) is 21.5. The molecule has 1 unspecified atom stereocenters. The Morgan fingerprint density at radius 1 is 1.17 bits per heavy atom. The molecule has 1 aromatic heterocycles. The van der Waals surface area contributed by atoms with E-state index in [-0.39, 0.29) is 6.09 Å². The Balaban J connectivity index is 1.51. The Bertz CT molecular complexity index is 751. The fourth-order valence-corrected chi connectivity index (χ4v) is 4.06. The number of ether oxygens (including phenoxy) is 1. The number of rotatable bonds is 2. The van der Waals surface area contributed by atoms with Crippen LogP contribution in [0.15, 0.2) is 18.2 Å². The lowest BCUT2D eigenvalue weighted by atomic mass is 9.94. The number of pyridine rings is 1. The lowest BCUT2D eigenvalue weighted by Gasteiger charge is -2.33. The SMILES string of the molecule is Cc1cccc(C2CCCCN2C#CCC2CCN(C(=O)OC(C)(C)C)CC2)n1. The van der Waals surface area contributed by atoms with Crippen LogP contribution >= 0.6 is 0 Å². The first-order valence-corrected chi connectivity index (χ1v) is 11.0. The summed E-state index contributed by atoms with van der Waals surface area (Å²) in [4.78, 5) is 21.1. The van der Waals surface area contributed by atoms with Crippen LogP contribution in [0.25, 0.3) is 0 Å². The molecule has 0 aliphatic carbocycles. The number of piperidine rings is 2. The summed E-state index contributed by atoms with van der Waals surface area (Å²) < 4.78 is 5.48. The van der Waals surface area contributed by atoms with Crippen LogP contribution in [-0.2, 0) is 4.74 Å². The van der Waals surface area contributed by atoms with Crippen LogP contribution in [0.2, 0.25) is 0 Å². The molecule has 29 heavy (non-hydrogen) atoms. The standard InChI is InChI=1S/C24H35N3O2/c1-19-9-7-11-21(25-19)22-12-5-6-15-26(22)16-8-10-20-13-17-27(18-14-20)23(28)29-24(2,3)4/h7,9,11,20,22H,5-6,10,12-15,17-18H2,1-4H3. The maximum atomic E-state index is 12.2. The number of hydrogen-bond donors (Lipinski definition) is 0. The molecule has 1 aromatic rings. The van der Waals surface area contributed by atoms with Gasteiger partial charge in [-0.05, 0) is 77.8 Å². The topological polar surface area (TPSA) is 45.7 Å². The Hall–Kier alpha value is -2.22. The zero-order chi connectivity index (χ0) is 20.9. The van der Waals surface area contributed by atoms with Gasteiger partial charge in [0.1, 0.15) is 5.60 Å². The summed E-state index contributed by atoms with van der Waals surface area (Å²) in [6.45, 7) is 10.3. The van der Waals surface area contributed by atoms with Crippen molar-refractivity contribution >= 4 is 6.09 Å². The Morgan fingerprint density at radius 3 is 2.62 bits per heavy atom. The Labute approximate surface area is 175 Å². The predicted molar refractivity (Wildman–Crippen MR) is 115 cm³/mol. The number of carbonyl (C=O) groups excluding carboxylic acids is 1. The zero-order valence-corrected chi connectivity index (χ0v) is 18.4. The Morgan fingerprint density at radius 2 is 1.93 bits per heavy atom. The third kappa shape index (κ3) is 6.39. The summed E-state index contributed by atoms with van der Waals surface area (Å²) in [7, 11) is 0. The van der Waals surface area contributed by atoms with E-state index in [1.807, 2.05) is 38.7 Å². The molecular weight excluding hydrogens is 362 g/mol. The van der Waals surface area contributed by atoms with Gasteiger partial charge in [-0.1, -0.05) is 12.0 Å². The second kappa shape index (κ2) is 9.52. The van der Waals surface area contributed by atoms with Gasteiger partial charge >= 0.3 is 6.09 Å². The molecule has 1 atom stereocenters. The van der Waals surface area contributed by atoms with Crippen LogP contribution in [0.3, 0.4) is 0 Å². The lowest BCUT2D eigenvalue weighted by molar-refractivity contribution is 0.0185. The van der Waals surface area contributed by atoms with E-state index in [0.29, 0.717) is 12.0 Å². The van der Waals surface area contributed by atoms with Gasteiger partial charge in [-0.2, -0.15) is 0 Å². The number of aromatic nitrogens is 1. The van der Waals surface area contributed by atoms with Crippen molar-refractivity contribution in [2.45, 2.75) is 77.9 Å². The quantitative estimate of drug-likeness (QED) is 0.665. The van der Waals surface area contributed by atoms with Gasteiger partial charge in [0.2, 0.25) is 0 Å². The van der Waals surface area contributed by atoms with Crippen molar-refractivity contribution in [2.75, 3.05) is 19.6 Å². The Kier molecular flexibility index (Phi) is 7.05. The second-order valence-electron chi connectivity index (χ2n) is 9.31. The number of carbonyl (C=O) groups is 1. The first-order valence-electron chi connectivity index (χ1n) is 11.0. The maximum absolute atomic E-state index is 12.2. The molecule has 5 heteroatoms. The van der Waals surface area contributed by atoms with Crippen molar-refractivity contribution in [1.82, 2.24) is 14.8 Å². The molecule has 0 bridgehead atoms. The van der Waals surface area contributed by atoms with Gasteiger partial charge in [-0.3, -0.25) is 4.98 Å². The third-order valence-corrected chi connectivity index (χ3v) is 5.63. The summed E-state index contributed by atoms with van der Waals surface area (Å²) in [5, 5.41) is 0. The minimum absolute atomic E-state index is 0.191. The molecule has 0 aromatic carbocycles. The van der Waals surface area contributed by atoms with Gasteiger partial charge in [0.15, 0.2) is 0 Å². The van der Waals surface area contributed by atoms with Crippen molar-refractivity contribution < 1.29 is 9.53 Å². The monoisotopic (exact) mass is 397 g/mol. The summed E-state index contributed by atoms with van der Waals surface area (Å²) in [6, 6.07) is 10.0. The highest BCUT2D eigenvalue weighted by molar-refractivity contribution is 5.68. The largest absolute Gasteiger partial charge is 0.444 e. The molecule has 5 nitrogen and oxygen atoms in total. The second-order valence-corrected chi connectivity index (χ2v) is 9.31. The number of nitrogens with zero attached hydrogens (tertiary/aromatic N) is 3. The molecule has 1 amide bonds. The maximum Gasteiger partial charge on any atom is 0.410 e. The highest BCUT2D eigenvalue weighted by Gasteiger charge is 2.27. The van der Waals surface area contributed by atoms with E-state index < -0.39 is 5.60 Å².